The lowest BCUT2D eigenvalue weighted by atomic mass is 10.0. The van der Waals surface area contributed by atoms with E-state index in [9.17, 15) is 4.79 Å². The molecule has 0 saturated carbocycles. The number of aromatic amines is 1. The number of hydrogen-bond donors (Lipinski definition) is 1. The summed E-state index contributed by atoms with van der Waals surface area (Å²) in [5, 5.41) is 4.30. The summed E-state index contributed by atoms with van der Waals surface area (Å²) in [7, 11) is 0. The molecular formula is C17H10ClNOS. The summed E-state index contributed by atoms with van der Waals surface area (Å²) in [6.45, 7) is 0. The molecule has 2 aromatic heterocycles. The normalized spacial score (nSPS) is 11.3. The zero-order valence-electron chi connectivity index (χ0n) is 10.9. The van der Waals surface area contributed by atoms with Crippen LogP contribution in [0.15, 0.2) is 54.0 Å². The Morgan fingerprint density at radius 2 is 1.90 bits per heavy atom. The maximum atomic E-state index is 12.9. The minimum Gasteiger partial charge on any atom is -0.360 e. The Morgan fingerprint density at radius 1 is 1.05 bits per heavy atom. The average Bonchev–Trinajstić information content (AvgIpc) is 3.11. The molecule has 0 saturated heterocycles. The molecule has 0 aliphatic carbocycles. The van der Waals surface area contributed by atoms with Gasteiger partial charge in [-0.3, -0.25) is 4.79 Å². The largest absolute Gasteiger partial charge is 0.360 e. The van der Waals surface area contributed by atoms with Gasteiger partial charge in [0.05, 0.1) is 5.02 Å². The highest BCUT2D eigenvalue weighted by Gasteiger charge is 2.19. The first-order chi connectivity index (χ1) is 10.3. The van der Waals surface area contributed by atoms with Crippen molar-refractivity contribution < 1.29 is 4.79 Å². The fraction of sp³-hybridized carbons (Fsp3) is 0. The number of nitrogens with one attached hydrogen (secondary N) is 1. The van der Waals surface area contributed by atoms with E-state index in [0.29, 0.717) is 10.6 Å². The van der Waals surface area contributed by atoms with Gasteiger partial charge in [-0.25, -0.2) is 0 Å². The summed E-state index contributed by atoms with van der Waals surface area (Å²) in [5.41, 5.74) is 2.24. The molecule has 1 N–H and O–H groups in total. The highest BCUT2D eigenvalue weighted by atomic mass is 35.5. The lowest BCUT2D eigenvalue weighted by Gasteiger charge is -2.00. The van der Waals surface area contributed by atoms with Crippen LogP contribution in [-0.4, -0.2) is 10.8 Å². The molecule has 21 heavy (non-hydrogen) atoms. The second-order valence-corrected chi connectivity index (χ2v) is 6.16. The number of halogens is 1. The fourth-order valence-electron chi connectivity index (χ4n) is 2.62. The lowest BCUT2D eigenvalue weighted by molar-refractivity contribution is 0.104. The molecule has 0 spiro atoms. The van der Waals surface area contributed by atoms with Crippen molar-refractivity contribution in [2.75, 3.05) is 0 Å². The molecule has 4 aromatic rings. The molecule has 2 heterocycles. The average molecular weight is 312 g/mol. The van der Waals surface area contributed by atoms with Crippen LogP contribution in [0.2, 0.25) is 5.02 Å². The number of aromatic nitrogens is 1. The minimum atomic E-state index is 0.00630. The summed E-state index contributed by atoms with van der Waals surface area (Å²) >= 11 is 7.84. The third-order valence-corrected chi connectivity index (χ3v) is 4.90. The van der Waals surface area contributed by atoms with E-state index in [1.165, 1.54) is 0 Å². The second kappa shape index (κ2) is 4.72. The van der Waals surface area contributed by atoms with Gasteiger partial charge in [0.1, 0.15) is 0 Å². The van der Waals surface area contributed by atoms with E-state index in [1.54, 1.807) is 23.6 Å². The van der Waals surface area contributed by atoms with Crippen molar-refractivity contribution in [3.8, 4) is 0 Å². The molecule has 4 heteroatoms. The number of fused-ring (bicyclic) bond motifs is 2. The van der Waals surface area contributed by atoms with E-state index in [-0.39, 0.29) is 5.78 Å². The first kappa shape index (κ1) is 12.6. The van der Waals surface area contributed by atoms with Gasteiger partial charge in [0.25, 0.3) is 0 Å². The Kier molecular flexibility index (Phi) is 2.84. The van der Waals surface area contributed by atoms with Crippen molar-refractivity contribution in [2.45, 2.75) is 0 Å². The topological polar surface area (TPSA) is 32.9 Å². The van der Waals surface area contributed by atoms with Crippen LogP contribution in [0.25, 0.3) is 21.0 Å². The van der Waals surface area contributed by atoms with E-state index in [4.69, 9.17) is 11.6 Å². The van der Waals surface area contributed by atoms with Crippen molar-refractivity contribution in [1.82, 2.24) is 4.98 Å². The van der Waals surface area contributed by atoms with Crippen molar-refractivity contribution >= 4 is 49.7 Å². The van der Waals surface area contributed by atoms with Crippen LogP contribution in [0.1, 0.15) is 15.9 Å². The Labute approximate surface area is 130 Å². The Hall–Kier alpha value is -2.10. The molecule has 0 atom stereocenters. The summed E-state index contributed by atoms with van der Waals surface area (Å²) < 4.78 is 1.12. The van der Waals surface area contributed by atoms with E-state index in [1.807, 2.05) is 41.8 Å². The van der Waals surface area contributed by atoms with Crippen LogP contribution in [-0.2, 0) is 0 Å². The molecule has 102 valence electrons. The molecule has 4 rings (SSSR count). The Balaban J connectivity index is 1.95. The molecule has 2 nitrogen and oxygen atoms in total. The van der Waals surface area contributed by atoms with E-state index in [0.717, 1.165) is 26.6 Å². The highest BCUT2D eigenvalue weighted by Crippen LogP contribution is 2.32. The van der Waals surface area contributed by atoms with Crippen LogP contribution in [0, 0.1) is 0 Å². The molecule has 0 bridgehead atoms. The Morgan fingerprint density at radius 3 is 2.81 bits per heavy atom. The van der Waals surface area contributed by atoms with Gasteiger partial charge in [0.15, 0.2) is 5.78 Å². The van der Waals surface area contributed by atoms with Gasteiger partial charge in [0, 0.05) is 43.7 Å². The Bertz CT molecular complexity index is 983. The number of rotatable bonds is 2. The first-order valence-electron chi connectivity index (χ1n) is 6.52. The molecule has 0 aliphatic rings. The maximum Gasteiger partial charge on any atom is 0.196 e. The van der Waals surface area contributed by atoms with Crippen LogP contribution in [0.5, 0.6) is 0 Å². The van der Waals surface area contributed by atoms with E-state index < -0.39 is 0 Å². The summed E-state index contributed by atoms with van der Waals surface area (Å²) in [6.07, 6.45) is 1.74. The molecule has 0 unspecified atom stereocenters. The number of H-pyrrole nitrogens is 1. The number of ketones is 1. The molecule has 2 aromatic carbocycles. The molecule has 0 aliphatic heterocycles. The number of hydrogen-bond acceptors (Lipinski definition) is 2. The van der Waals surface area contributed by atoms with Crippen molar-refractivity contribution in [2.24, 2.45) is 0 Å². The van der Waals surface area contributed by atoms with Crippen LogP contribution in [0.4, 0.5) is 0 Å². The summed E-state index contributed by atoms with van der Waals surface area (Å²) in [6, 6.07) is 13.5. The highest BCUT2D eigenvalue weighted by molar-refractivity contribution is 7.17. The smallest absolute Gasteiger partial charge is 0.196 e. The molecule has 0 radical (unpaired) electrons. The summed E-state index contributed by atoms with van der Waals surface area (Å²) in [5.74, 6) is 0.00630. The van der Waals surface area contributed by atoms with E-state index >= 15 is 0 Å². The predicted molar refractivity (Wildman–Crippen MR) is 88.6 cm³/mol. The number of carbonyl (C=O) groups excluding carboxylic acids is 1. The maximum absolute atomic E-state index is 12.9. The molecule has 0 amide bonds. The van der Waals surface area contributed by atoms with Gasteiger partial charge in [-0.2, -0.15) is 0 Å². The van der Waals surface area contributed by atoms with Crippen molar-refractivity contribution in [3.63, 3.8) is 0 Å². The zero-order chi connectivity index (χ0) is 14.4. The minimum absolute atomic E-state index is 0.00630. The second-order valence-electron chi connectivity index (χ2n) is 4.84. The number of thiophene rings is 1. The van der Waals surface area contributed by atoms with Gasteiger partial charge in [0.2, 0.25) is 0 Å². The number of carbonyl (C=O) groups is 1. The van der Waals surface area contributed by atoms with Gasteiger partial charge in [-0.15, -0.1) is 11.3 Å². The molecule has 0 fully saturated rings. The predicted octanol–water partition coefficient (Wildman–Crippen LogP) is 5.27. The quantitative estimate of drug-likeness (QED) is 0.503. The van der Waals surface area contributed by atoms with Gasteiger partial charge < -0.3 is 4.98 Å². The fourth-order valence-corrected chi connectivity index (χ4v) is 3.84. The SMILES string of the molecule is O=C(c1csc2ccccc12)c1c[nH]c2cccc(Cl)c12. The van der Waals surface area contributed by atoms with Crippen molar-refractivity contribution in [3.05, 3.63) is 70.2 Å². The number of benzene rings is 2. The third-order valence-electron chi connectivity index (χ3n) is 3.63. The summed E-state index contributed by atoms with van der Waals surface area (Å²) in [4.78, 5) is 16.0. The van der Waals surface area contributed by atoms with E-state index in [2.05, 4.69) is 4.98 Å². The van der Waals surface area contributed by atoms with Gasteiger partial charge in [-0.1, -0.05) is 35.9 Å². The van der Waals surface area contributed by atoms with Gasteiger partial charge in [-0.05, 0) is 18.2 Å². The third kappa shape index (κ3) is 1.89. The van der Waals surface area contributed by atoms with Crippen molar-refractivity contribution in [1.29, 1.82) is 0 Å². The van der Waals surface area contributed by atoms with Crippen LogP contribution in [0.3, 0.4) is 0 Å². The zero-order valence-corrected chi connectivity index (χ0v) is 12.5. The van der Waals surface area contributed by atoms with Crippen LogP contribution >= 0.6 is 22.9 Å². The first-order valence-corrected chi connectivity index (χ1v) is 7.78. The lowest BCUT2D eigenvalue weighted by Crippen LogP contribution is -1.99. The standard InChI is InChI=1S/C17H10ClNOS/c18-13-5-3-6-14-16(13)11(8-19-14)17(20)12-9-21-15-7-2-1-4-10(12)15/h1-9,19H. The van der Waals surface area contributed by atoms with Crippen LogP contribution < -0.4 is 0 Å². The molecular weight excluding hydrogens is 302 g/mol. The van der Waals surface area contributed by atoms with Gasteiger partial charge >= 0.3 is 0 Å². The monoisotopic (exact) mass is 311 g/mol.